The Balaban J connectivity index is 2.08. The van der Waals surface area contributed by atoms with Gasteiger partial charge in [0.1, 0.15) is 11.5 Å². The summed E-state index contributed by atoms with van der Waals surface area (Å²) in [4.78, 5) is 36.0. The second-order valence-corrected chi connectivity index (χ2v) is 6.15. The molecular weight excluding hydrogens is 363 g/mol. The molecule has 0 unspecified atom stereocenters. The summed E-state index contributed by atoms with van der Waals surface area (Å²) in [7, 11) is 0. The molecule has 0 bridgehead atoms. The predicted octanol–water partition coefficient (Wildman–Crippen LogP) is 3.18. The molecule has 0 aliphatic heterocycles. The number of nitrogens with one attached hydrogen (secondary N) is 2. The average molecular weight is 384 g/mol. The highest BCUT2D eigenvalue weighted by atomic mass is 19.1. The van der Waals surface area contributed by atoms with Crippen LogP contribution >= 0.6 is 0 Å². The van der Waals surface area contributed by atoms with E-state index in [2.05, 4.69) is 10.6 Å². The molecule has 2 amide bonds. The van der Waals surface area contributed by atoms with Crippen LogP contribution in [0.3, 0.4) is 0 Å². The van der Waals surface area contributed by atoms with Crippen LogP contribution in [0.15, 0.2) is 54.2 Å². The normalized spacial score (nSPS) is 12.1. The minimum atomic E-state index is -1.16. The molecule has 2 aromatic rings. The fourth-order valence-electron chi connectivity index (χ4n) is 2.24. The number of hydrogen-bond acceptors (Lipinski definition) is 4. The number of ether oxygens (including phenoxy) is 1. The lowest BCUT2D eigenvalue weighted by molar-refractivity contribution is -0.149. The number of aryl methyl sites for hydroxylation is 1. The van der Waals surface area contributed by atoms with Gasteiger partial charge in [0.25, 0.3) is 5.91 Å². The van der Waals surface area contributed by atoms with Gasteiger partial charge < -0.3 is 15.4 Å². The van der Waals surface area contributed by atoms with E-state index in [-0.39, 0.29) is 11.4 Å². The first-order chi connectivity index (χ1) is 13.3. The summed E-state index contributed by atoms with van der Waals surface area (Å²) in [6.45, 7) is 4.24. The Morgan fingerprint density at radius 2 is 1.79 bits per heavy atom. The molecule has 0 spiro atoms. The zero-order valence-corrected chi connectivity index (χ0v) is 15.8. The van der Waals surface area contributed by atoms with Gasteiger partial charge in [0, 0.05) is 12.6 Å². The van der Waals surface area contributed by atoms with Gasteiger partial charge in [-0.25, -0.2) is 9.18 Å². The number of halogens is 1. The van der Waals surface area contributed by atoms with Crippen molar-refractivity contribution in [1.29, 1.82) is 0 Å². The second kappa shape index (κ2) is 9.45. The number of esters is 1. The molecule has 28 heavy (non-hydrogen) atoms. The van der Waals surface area contributed by atoms with E-state index in [1.165, 1.54) is 32.1 Å². The lowest BCUT2D eigenvalue weighted by Crippen LogP contribution is -2.33. The molecule has 7 heteroatoms. The monoisotopic (exact) mass is 384 g/mol. The molecule has 0 saturated carbocycles. The Bertz CT molecular complexity index is 910. The molecule has 146 valence electrons. The Labute approximate surface area is 162 Å². The summed E-state index contributed by atoms with van der Waals surface area (Å²) in [6.07, 6.45) is 0.286. The molecule has 2 N–H and O–H groups in total. The van der Waals surface area contributed by atoms with Gasteiger partial charge in [-0.2, -0.15) is 0 Å². The van der Waals surface area contributed by atoms with Crippen molar-refractivity contribution in [3.63, 3.8) is 0 Å². The highest BCUT2D eigenvalue weighted by Crippen LogP contribution is 2.14. The number of hydrogen-bond donors (Lipinski definition) is 2. The molecule has 0 aromatic heterocycles. The van der Waals surface area contributed by atoms with Crippen molar-refractivity contribution in [3.8, 4) is 0 Å². The van der Waals surface area contributed by atoms with Crippen molar-refractivity contribution in [3.05, 3.63) is 71.2 Å². The standard InChI is InChI=1S/C21H21FN2O4/c1-13-9-10-17(12-18(13)22)24-20(26)14(2)28-21(27)19(23-15(3)25)11-16-7-5-4-6-8-16/h4-12,14H,1-3H3,(H,23,25)(H,24,26)/b19-11-/t14-/m1/s1. The van der Waals surface area contributed by atoms with Gasteiger partial charge in [-0.05, 0) is 43.2 Å². The van der Waals surface area contributed by atoms with Crippen LogP contribution in [0.25, 0.3) is 6.08 Å². The molecule has 2 rings (SSSR count). The van der Waals surface area contributed by atoms with Crippen molar-refractivity contribution < 1.29 is 23.5 Å². The third kappa shape index (κ3) is 6.05. The van der Waals surface area contributed by atoms with E-state index < -0.39 is 29.7 Å². The topological polar surface area (TPSA) is 84.5 Å². The summed E-state index contributed by atoms with van der Waals surface area (Å²) in [6, 6.07) is 13.1. The Kier molecular flexibility index (Phi) is 7.03. The van der Waals surface area contributed by atoms with E-state index in [0.29, 0.717) is 11.1 Å². The van der Waals surface area contributed by atoms with E-state index >= 15 is 0 Å². The molecule has 2 aromatic carbocycles. The number of anilines is 1. The quantitative estimate of drug-likeness (QED) is 0.592. The Hall–Kier alpha value is -3.48. The number of rotatable bonds is 6. The summed E-state index contributed by atoms with van der Waals surface area (Å²) in [5.41, 5.74) is 1.27. The van der Waals surface area contributed by atoms with Gasteiger partial charge in [0.05, 0.1) is 0 Å². The average Bonchev–Trinajstić information content (AvgIpc) is 2.64. The summed E-state index contributed by atoms with van der Waals surface area (Å²) in [5.74, 6) is -2.40. The first-order valence-corrected chi connectivity index (χ1v) is 8.58. The molecule has 0 radical (unpaired) electrons. The zero-order valence-electron chi connectivity index (χ0n) is 15.8. The third-order valence-electron chi connectivity index (χ3n) is 3.73. The SMILES string of the molecule is CC(=O)N/C(=C\c1ccccc1)C(=O)O[C@H](C)C(=O)Nc1ccc(C)c(F)c1. The summed E-state index contributed by atoms with van der Waals surface area (Å²) in [5, 5.41) is 4.88. The van der Waals surface area contributed by atoms with Gasteiger partial charge in [-0.3, -0.25) is 9.59 Å². The van der Waals surface area contributed by atoms with E-state index in [9.17, 15) is 18.8 Å². The molecule has 1 atom stereocenters. The van der Waals surface area contributed by atoms with Crippen molar-refractivity contribution in [1.82, 2.24) is 5.32 Å². The zero-order chi connectivity index (χ0) is 20.7. The lowest BCUT2D eigenvalue weighted by atomic mass is 10.2. The van der Waals surface area contributed by atoms with E-state index in [4.69, 9.17) is 4.74 Å². The van der Waals surface area contributed by atoms with Crippen molar-refractivity contribution >= 4 is 29.5 Å². The maximum Gasteiger partial charge on any atom is 0.355 e. The molecular formula is C21H21FN2O4. The van der Waals surface area contributed by atoms with Crippen molar-refractivity contribution in [2.24, 2.45) is 0 Å². The van der Waals surface area contributed by atoms with Crippen molar-refractivity contribution in [2.45, 2.75) is 26.9 Å². The highest BCUT2D eigenvalue weighted by Gasteiger charge is 2.21. The fourth-order valence-corrected chi connectivity index (χ4v) is 2.24. The van der Waals surface area contributed by atoms with Crippen LogP contribution in [-0.4, -0.2) is 23.9 Å². The number of amides is 2. The fraction of sp³-hybridized carbons (Fsp3) is 0.190. The van der Waals surface area contributed by atoms with Crippen LogP contribution in [0, 0.1) is 12.7 Å². The van der Waals surface area contributed by atoms with Gasteiger partial charge in [-0.1, -0.05) is 36.4 Å². The first-order valence-electron chi connectivity index (χ1n) is 8.58. The largest absolute Gasteiger partial charge is 0.448 e. The minimum absolute atomic E-state index is 0.0975. The van der Waals surface area contributed by atoms with Gasteiger partial charge in [0.15, 0.2) is 6.10 Å². The Morgan fingerprint density at radius 1 is 1.11 bits per heavy atom. The van der Waals surface area contributed by atoms with Crippen LogP contribution in [0.2, 0.25) is 0 Å². The van der Waals surface area contributed by atoms with E-state index in [0.717, 1.165) is 0 Å². The summed E-state index contributed by atoms with van der Waals surface area (Å²) >= 11 is 0. The second-order valence-electron chi connectivity index (χ2n) is 6.15. The van der Waals surface area contributed by atoms with Crippen molar-refractivity contribution in [2.75, 3.05) is 5.32 Å². The molecule has 0 heterocycles. The van der Waals surface area contributed by atoms with Crippen LogP contribution in [0.5, 0.6) is 0 Å². The number of carbonyl (C=O) groups excluding carboxylic acids is 3. The first kappa shape index (κ1) is 20.8. The molecule has 6 nitrogen and oxygen atoms in total. The number of benzene rings is 2. The van der Waals surface area contributed by atoms with Crippen LogP contribution < -0.4 is 10.6 Å². The predicted molar refractivity (Wildman–Crippen MR) is 104 cm³/mol. The smallest absolute Gasteiger partial charge is 0.355 e. The molecule has 0 aliphatic carbocycles. The maximum atomic E-state index is 13.6. The third-order valence-corrected chi connectivity index (χ3v) is 3.73. The van der Waals surface area contributed by atoms with E-state index in [1.807, 2.05) is 6.07 Å². The highest BCUT2D eigenvalue weighted by molar-refractivity contribution is 6.00. The lowest BCUT2D eigenvalue weighted by Gasteiger charge is -2.15. The molecule has 0 saturated heterocycles. The van der Waals surface area contributed by atoms with E-state index in [1.54, 1.807) is 37.3 Å². The van der Waals surface area contributed by atoms with Crippen LogP contribution in [0.4, 0.5) is 10.1 Å². The molecule has 0 aliphatic rings. The van der Waals surface area contributed by atoms with Crippen LogP contribution in [0.1, 0.15) is 25.0 Å². The Morgan fingerprint density at radius 3 is 2.39 bits per heavy atom. The number of carbonyl (C=O) groups is 3. The molecule has 0 fully saturated rings. The van der Waals surface area contributed by atoms with Gasteiger partial charge in [0.2, 0.25) is 5.91 Å². The summed E-state index contributed by atoms with van der Waals surface area (Å²) < 4.78 is 18.7. The van der Waals surface area contributed by atoms with Gasteiger partial charge in [-0.15, -0.1) is 0 Å². The minimum Gasteiger partial charge on any atom is -0.448 e. The maximum absolute atomic E-state index is 13.6. The van der Waals surface area contributed by atoms with Gasteiger partial charge >= 0.3 is 5.97 Å². The van der Waals surface area contributed by atoms with Crippen LogP contribution in [-0.2, 0) is 19.1 Å².